The lowest BCUT2D eigenvalue weighted by molar-refractivity contribution is 0.122. The van der Waals surface area contributed by atoms with Gasteiger partial charge in [0.1, 0.15) is 0 Å². The number of hydrazine groups is 1. The zero-order chi connectivity index (χ0) is 13.8. The van der Waals surface area contributed by atoms with Crippen LogP contribution < -0.4 is 21.1 Å². The number of hydrogen-bond acceptors (Lipinski definition) is 5. The van der Waals surface area contributed by atoms with E-state index in [2.05, 4.69) is 52.3 Å². The lowest BCUT2D eigenvalue weighted by Gasteiger charge is -2.29. The zero-order valence-electron chi connectivity index (χ0n) is 12.1. The van der Waals surface area contributed by atoms with Gasteiger partial charge in [-0.3, -0.25) is 10.9 Å². The molecule has 0 radical (unpaired) electrons. The van der Waals surface area contributed by atoms with Gasteiger partial charge in [-0.25, -0.2) is 0 Å². The largest absolute Gasteiger partial charge is 0.383 e. The number of morpholine rings is 1. The Morgan fingerprint density at radius 2 is 1.95 bits per heavy atom. The van der Waals surface area contributed by atoms with Crippen LogP contribution in [0.25, 0.3) is 0 Å². The Morgan fingerprint density at radius 1 is 1.20 bits per heavy atom. The Balaban J connectivity index is 1.50. The fraction of sp³-hybridized carbons (Fsp3) is 0.600. The van der Waals surface area contributed by atoms with E-state index in [1.165, 1.54) is 17.8 Å². The van der Waals surface area contributed by atoms with Crippen LogP contribution in [-0.2, 0) is 4.74 Å². The first-order chi connectivity index (χ1) is 9.81. The second-order valence-electron chi connectivity index (χ2n) is 5.65. The Kier molecular flexibility index (Phi) is 4.40. The fourth-order valence-corrected chi connectivity index (χ4v) is 2.79. The molecule has 2 atom stereocenters. The van der Waals surface area contributed by atoms with Gasteiger partial charge in [-0.05, 0) is 37.6 Å². The standard InChI is InChI=1S/C15H24N4O/c1-12-10-14(18-17-12)11-16-13-2-4-15(5-3-13)19-6-8-20-9-7-19/h2-5,12,14,16-18H,6-11H2,1H3. The molecule has 0 spiro atoms. The molecule has 0 bridgehead atoms. The molecule has 2 heterocycles. The average molecular weight is 276 g/mol. The molecule has 0 saturated carbocycles. The van der Waals surface area contributed by atoms with E-state index < -0.39 is 0 Å². The molecular weight excluding hydrogens is 252 g/mol. The Labute approximate surface area is 120 Å². The number of nitrogens with zero attached hydrogens (tertiary/aromatic N) is 1. The summed E-state index contributed by atoms with van der Waals surface area (Å²) in [6, 6.07) is 9.77. The summed E-state index contributed by atoms with van der Waals surface area (Å²) in [5.41, 5.74) is 9.02. The third-order valence-corrected chi connectivity index (χ3v) is 3.97. The molecule has 1 aromatic rings. The van der Waals surface area contributed by atoms with Gasteiger partial charge in [0.2, 0.25) is 0 Å². The van der Waals surface area contributed by atoms with Crippen molar-refractivity contribution in [1.29, 1.82) is 0 Å². The molecule has 2 aliphatic heterocycles. The smallest absolute Gasteiger partial charge is 0.0642 e. The quantitative estimate of drug-likeness (QED) is 0.771. The highest BCUT2D eigenvalue weighted by molar-refractivity contribution is 5.55. The van der Waals surface area contributed by atoms with Crippen LogP contribution in [0.1, 0.15) is 13.3 Å². The van der Waals surface area contributed by atoms with Crippen molar-refractivity contribution in [3.63, 3.8) is 0 Å². The minimum absolute atomic E-state index is 0.504. The second kappa shape index (κ2) is 6.43. The van der Waals surface area contributed by atoms with E-state index >= 15 is 0 Å². The lowest BCUT2D eigenvalue weighted by atomic mass is 10.1. The molecule has 3 rings (SSSR count). The van der Waals surface area contributed by atoms with Crippen molar-refractivity contribution in [2.75, 3.05) is 43.1 Å². The predicted molar refractivity (Wildman–Crippen MR) is 82.1 cm³/mol. The molecule has 0 aromatic heterocycles. The number of nitrogens with one attached hydrogen (secondary N) is 3. The molecule has 0 aliphatic carbocycles. The summed E-state index contributed by atoms with van der Waals surface area (Å²) in [6.45, 7) is 6.79. The van der Waals surface area contributed by atoms with E-state index in [9.17, 15) is 0 Å². The molecule has 2 aliphatic rings. The van der Waals surface area contributed by atoms with Gasteiger partial charge >= 0.3 is 0 Å². The van der Waals surface area contributed by atoms with E-state index in [1.54, 1.807) is 0 Å². The van der Waals surface area contributed by atoms with Gasteiger partial charge in [0.15, 0.2) is 0 Å². The Bertz CT molecular complexity index is 416. The van der Waals surface area contributed by atoms with Crippen LogP contribution in [0.15, 0.2) is 24.3 Å². The molecular formula is C15H24N4O. The van der Waals surface area contributed by atoms with E-state index in [1.807, 2.05) is 0 Å². The summed E-state index contributed by atoms with van der Waals surface area (Å²) in [5.74, 6) is 0. The molecule has 20 heavy (non-hydrogen) atoms. The van der Waals surface area contributed by atoms with Gasteiger partial charge < -0.3 is 15.0 Å². The maximum atomic E-state index is 5.38. The van der Waals surface area contributed by atoms with Gasteiger partial charge in [0.25, 0.3) is 0 Å². The molecule has 2 saturated heterocycles. The fourth-order valence-electron chi connectivity index (χ4n) is 2.79. The maximum Gasteiger partial charge on any atom is 0.0642 e. The van der Waals surface area contributed by atoms with Crippen LogP contribution >= 0.6 is 0 Å². The number of rotatable bonds is 4. The number of ether oxygens (including phenoxy) is 1. The van der Waals surface area contributed by atoms with Crippen molar-refractivity contribution in [2.24, 2.45) is 0 Å². The maximum absolute atomic E-state index is 5.38. The van der Waals surface area contributed by atoms with Crippen LogP contribution in [0.2, 0.25) is 0 Å². The van der Waals surface area contributed by atoms with E-state index in [0.717, 1.165) is 32.8 Å². The molecule has 2 unspecified atom stereocenters. The summed E-state index contributed by atoms with van der Waals surface area (Å²) in [4.78, 5) is 2.37. The molecule has 110 valence electrons. The summed E-state index contributed by atoms with van der Waals surface area (Å²) in [7, 11) is 0. The van der Waals surface area contributed by atoms with Crippen LogP contribution in [0, 0.1) is 0 Å². The van der Waals surface area contributed by atoms with Crippen LogP contribution in [0.3, 0.4) is 0 Å². The number of hydrogen-bond donors (Lipinski definition) is 3. The highest BCUT2D eigenvalue weighted by Gasteiger charge is 2.19. The highest BCUT2D eigenvalue weighted by atomic mass is 16.5. The van der Waals surface area contributed by atoms with Crippen LogP contribution in [0.4, 0.5) is 11.4 Å². The molecule has 2 fully saturated rings. The average Bonchev–Trinajstić information content (AvgIpc) is 2.92. The summed E-state index contributed by atoms with van der Waals surface area (Å²) >= 11 is 0. The number of anilines is 2. The van der Waals surface area contributed by atoms with Crippen molar-refractivity contribution < 1.29 is 4.74 Å². The minimum atomic E-state index is 0.504. The van der Waals surface area contributed by atoms with Crippen molar-refractivity contribution >= 4 is 11.4 Å². The van der Waals surface area contributed by atoms with Crippen LogP contribution in [0.5, 0.6) is 0 Å². The normalized spacial score (nSPS) is 26.8. The van der Waals surface area contributed by atoms with Gasteiger partial charge in [0.05, 0.1) is 13.2 Å². The molecule has 3 N–H and O–H groups in total. The van der Waals surface area contributed by atoms with E-state index in [-0.39, 0.29) is 0 Å². The lowest BCUT2D eigenvalue weighted by Crippen LogP contribution is -2.36. The van der Waals surface area contributed by atoms with Crippen molar-refractivity contribution in [1.82, 2.24) is 10.9 Å². The number of benzene rings is 1. The Morgan fingerprint density at radius 3 is 2.60 bits per heavy atom. The summed E-state index contributed by atoms with van der Waals surface area (Å²) in [6.07, 6.45) is 1.17. The van der Waals surface area contributed by atoms with Crippen molar-refractivity contribution in [3.8, 4) is 0 Å². The second-order valence-corrected chi connectivity index (χ2v) is 5.65. The van der Waals surface area contributed by atoms with Crippen LogP contribution in [-0.4, -0.2) is 44.9 Å². The molecule has 5 heteroatoms. The van der Waals surface area contributed by atoms with Crippen molar-refractivity contribution in [3.05, 3.63) is 24.3 Å². The Hall–Kier alpha value is -1.30. The predicted octanol–water partition coefficient (Wildman–Crippen LogP) is 1.19. The van der Waals surface area contributed by atoms with Gasteiger partial charge in [-0.15, -0.1) is 0 Å². The SMILES string of the molecule is CC1CC(CNc2ccc(N3CCOCC3)cc2)NN1. The first-order valence-corrected chi connectivity index (χ1v) is 7.49. The van der Waals surface area contributed by atoms with Crippen molar-refractivity contribution in [2.45, 2.75) is 25.4 Å². The molecule has 1 aromatic carbocycles. The minimum Gasteiger partial charge on any atom is -0.383 e. The third-order valence-electron chi connectivity index (χ3n) is 3.97. The summed E-state index contributed by atoms with van der Waals surface area (Å²) in [5, 5.41) is 3.49. The van der Waals surface area contributed by atoms with E-state index in [0.29, 0.717) is 12.1 Å². The highest BCUT2D eigenvalue weighted by Crippen LogP contribution is 2.19. The van der Waals surface area contributed by atoms with Gasteiger partial charge in [-0.1, -0.05) is 0 Å². The molecule has 5 nitrogen and oxygen atoms in total. The van der Waals surface area contributed by atoms with Gasteiger partial charge in [-0.2, -0.15) is 0 Å². The topological polar surface area (TPSA) is 48.6 Å². The first kappa shape index (κ1) is 13.7. The monoisotopic (exact) mass is 276 g/mol. The molecule has 0 amide bonds. The van der Waals surface area contributed by atoms with E-state index in [4.69, 9.17) is 4.74 Å². The summed E-state index contributed by atoms with van der Waals surface area (Å²) < 4.78 is 5.38. The first-order valence-electron chi connectivity index (χ1n) is 7.49. The zero-order valence-corrected chi connectivity index (χ0v) is 12.1. The third kappa shape index (κ3) is 3.42. The van der Waals surface area contributed by atoms with Gasteiger partial charge in [0, 0.05) is 43.1 Å².